The van der Waals surface area contributed by atoms with E-state index >= 15 is 0 Å². The van der Waals surface area contributed by atoms with Crippen LogP contribution in [0.15, 0.2) is 36.7 Å². The monoisotopic (exact) mass is 368 g/mol. The average Bonchev–Trinajstić information content (AvgIpc) is 2.98. The van der Waals surface area contributed by atoms with Crippen LogP contribution in [0.4, 0.5) is 11.6 Å². The molecule has 2 aromatic rings. The molecule has 1 aliphatic heterocycles. The molecule has 7 nitrogen and oxygen atoms in total. The molecule has 2 heterocycles. The molecular formula is C20H24N4O3. The number of carbonyl (C=O) groups excluding carboxylic acids is 2. The second-order valence-corrected chi connectivity index (χ2v) is 6.42. The van der Waals surface area contributed by atoms with Gasteiger partial charge in [0.2, 0.25) is 5.95 Å². The van der Waals surface area contributed by atoms with Crippen LogP contribution in [0.3, 0.4) is 0 Å². The number of esters is 1. The van der Waals surface area contributed by atoms with Crippen LogP contribution < -0.4 is 10.2 Å². The topological polar surface area (TPSA) is 84.4 Å². The summed E-state index contributed by atoms with van der Waals surface area (Å²) in [5.74, 6) is 0.00131. The van der Waals surface area contributed by atoms with Crippen molar-refractivity contribution in [2.75, 3.05) is 29.9 Å². The van der Waals surface area contributed by atoms with E-state index in [-0.39, 0.29) is 11.9 Å². The smallest absolute Gasteiger partial charge is 0.338 e. The number of benzene rings is 1. The molecule has 0 unspecified atom stereocenters. The van der Waals surface area contributed by atoms with Crippen LogP contribution in [0.1, 0.15) is 53.3 Å². The van der Waals surface area contributed by atoms with E-state index in [4.69, 9.17) is 4.74 Å². The fraction of sp³-hybridized carbons (Fsp3) is 0.400. The van der Waals surface area contributed by atoms with Crippen molar-refractivity contribution in [3.05, 3.63) is 47.8 Å². The number of anilines is 2. The first-order chi connectivity index (χ1) is 13.2. The Morgan fingerprint density at radius 2 is 1.63 bits per heavy atom. The van der Waals surface area contributed by atoms with Crippen molar-refractivity contribution in [3.8, 4) is 0 Å². The van der Waals surface area contributed by atoms with Crippen molar-refractivity contribution in [2.45, 2.75) is 32.6 Å². The summed E-state index contributed by atoms with van der Waals surface area (Å²) in [7, 11) is 0. The van der Waals surface area contributed by atoms with Gasteiger partial charge in [-0.05, 0) is 44.0 Å². The highest BCUT2D eigenvalue weighted by atomic mass is 16.5. The van der Waals surface area contributed by atoms with E-state index in [1.807, 2.05) is 0 Å². The molecule has 0 radical (unpaired) electrons. The maximum absolute atomic E-state index is 12.4. The second-order valence-electron chi connectivity index (χ2n) is 6.42. The normalized spacial score (nSPS) is 14.3. The van der Waals surface area contributed by atoms with Crippen molar-refractivity contribution in [1.29, 1.82) is 0 Å². The van der Waals surface area contributed by atoms with Gasteiger partial charge in [0.1, 0.15) is 0 Å². The van der Waals surface area contributed by atoms with Gasteiger partial charge in [-0.15, -0.1) is 0 Å². The lowest BCUT2D eigenvalue weighted by Gasteiger charge is -2.19. The van der Waals surface area contributed by atoms with Crippen molar-refractivity contribution in [1.82, 2.24) is 9.97 Å². The number of carbonyl (C=O) groups is 2. The molecule has 1 amide bonds. The van der Waals surface area contributed by atoms with E-state index in [1.165, 1.54) is 12.8 Å². The minimum atomic E-state index is -0.382. The van der Waals surface area contributed by atoms with E-state index in [0.717, 1.165) is 25.9 Å². The van der Waals surface area contributed by atoms with Gasteiger partial charge >= 0.3 is 5.97 Å². The Morgan fingerprint density at radius 1 is 1.00 bits per heavy atom. The molecular weight excluding hydrogens is 344 g/mol. The van der Waals surface area contributed by atoms with E-state index < -0.39 is 0 Å². The quantitative estimate of drug-likeness (QED) is 0.815. The Balaban J connectivity index is 1.61. The zero-order valence-corrected chi connectivity index (χ0v) is 15.5. The van der Waals surface area contributed by atoms with Crippen LogP contribution >= 0.6 is 0 Å². The highest BCUT2D eigenvalue weighted by Gasteiger charge is 2.14. The summed E-state index contributed by atoms with van der Waals surface area (Å²) < 4.78 is 4.94. The Hall–Kier alpha value is -2.96. The van der Waals surface area contributed by atoms with Gasteiger partial charge in [0.25, 0.3) is 5.91 Å². The maximum Gasteiger partial charge on any atom is 0.338 e. The van der Waals surface area contributed by atoms with Crippen LogP contribution in [-0.2, 0) is 4.74 Å². The van der Waals surface area contributed by atoms with E-state index in [2.05, 4.69) is 20.2 Å². The molecule has 0 bridgehead atoms. The number of nitrogens with zero attached hydrogens (tertiary/aromatic N) is 3. The Kier molecular flexibility index (Phi) is 6.35. The van der Waals surface area contributed by atoms with Crippen LogP contribution in [-0.4, -0.2) is 41.5 Å². The molecule has 0 saturated carbocycles. The molecule has 1 aromatic carbocycles. The van der Waals surface area contributed by atoms with E-state index in [0.29, 0.717) is 29.4 Å². The Labute approximate surface area is 158 Å². The summed E-state index contributed by atoms with van der Waals surface area (Å²) in [6.45, 7) is 3.99. The number of hydrogen-bond donors (Lipinski definition) is 1. The standard InChI is InChI=1S/C20H24N4O3/c1-2-27-19(26)15-7-9-17(10-8-15)23-18(25)16-13-21-20(22-14-16)24-11-5-3-4-6-12-24/h7-10,13-14H,2-6,11-12H2,1H3,(H,23,25). The van der Waals surface area contributed by atoms with Crippen molar-refractivity contribution < 1.29 is 14.3 Å². The molecule has 1 saturated heterocycles. The van der Waals surface area contributed by atoms with Gasteiger partial charge < -0.3 is 15.0 Å². The Morgan fingerprint density at radius 3 is 2.22 bits per heavy atom. The predicted octanol–water partition coefficient (Wildman–Crippen LogP) is 3.29. The van der Waals surface area contributed by atoms with Crippen molar-refractivity contribution >= 4 is 23.5 Å². The molecule has 1 N–H and O–H groups in total. The minimum Gasteiger partial charge on any atom is -0.462 e. The molecule has 7 heteroatoms. The highest BCUT2D eigenvalue weighted by Crippen LogP contribution is 2.16. The van der Waals surface area contributed by atoms with Gasteiger partial charge in [-0.2, -0.15) is 0 Å². The summed E-state index contributed by atoms with van der Waals surface area (Å²) in [4.78, 5) is 34.9. The number of rotatable bonds is 5. The fourth-order valence-electron chi connectivity index (χ4n) is 2.98. The summed E-state index contributed by atoms with van der Waals surface area (Å²) in [6.07, 6.45) is 7.88. The van der Waals surface area contributed by atoms with Crippen LogP contribution in [0.25, 0.3) is 0 Å². The molecule has 3 rings (SSSR count). The third kappa shape index (κ3) is 5.03. The van der Waals surface area contributed by atoms with Crippen LogP contribution in [0.5, 0.6) is 0 Å². The first-order valence-electron chi connectivity index (χ1n) is 9.33. The molecule has 1 fully saturated rings. The minimum absolute atomic E-state index is 0.290. The average molecular weight is 368 g/mol. The lowest BCUT2D eigenvalue weighted by molar-refractivity contribution is 0.0526. The summed E-state index contributed by atoms with van der Waals surface area (Å²) in [5.41, 5.74) is 1.42. The lowest BCUT2D eigenvalue weighted by Crippen LogP contribution is -2.26. The van der Waals surface area contributed by atoms with Gasteiger partial charge in [-0.1, -0.05) is 12.8 Å². The SMILES string of the molecule is CCOC(=O)c1ccc(NC(=O)c2cnc(N3CCCCCC3)nc2)cc1. The molecule has 142 valence electrons. The second kappa shape index (κ2) is 9.12. The van der Waals surface area contributed by atoms with Gasteiger partial charge in [-0.3, -0.25) is 4.79 Å². The molecule has 0 spiro atoms. The molecule has 1 aliphatic rings. The van der Waals surface area contributed by atoms with Gasteiger partial charge in [0, 0.05) is 31.2 Å². The zero-order valence-electron chi connectivity index (χ0n) is 15.5. The highest BCUT2D eigenvalue weighted by molar-refractivity contribution is 6.04. The third-order valence-electron chi connectivity index (χ3n) is 4.44. The molecule has 0 aliphatic carbocycles. The molecule has 1 aromatic heterocycles. The van der Waals surface area contributed by atoms with Gasteiger partial charge in [0.15, 0.2) is 0 Å². The zero-order chi connectivity index (χ0) is 19.1. The predicted molar refractivity (Wildman–Crippen MR) is 103 cm³/mol. The number of ether oxygens (including phenoxy) is 1. The maximum atomic E-state index is 12.4. The first kappa shape index (κ1) is 18.8. The molecule has 27 heavy (non-hydrogen) atoms. The summed E-state index contributed by atoms with van der Waals surface area (Å²) in [5, 5.41) is 2.78. The van der Waals surface area contributed by atoms with E-state index in [1.54, 1.807) is 43.6 Å². The van der Waals surface area contributed by atoms with Crippen molar-refractivity contribution in [2.24, 2.45) is 0 Å². The number of hydrogen-bond acceptors (Lipinski definition) is 6. The van der Waals surface area contributed by atoms with Crippen molar-refractivity contribution in [3.63, 3.8) is 0 Å². The summed E-state index contributed by atoms with van der Waals surface area (Å²) in [6, 6.07) is 6.56. The number of amides is 1. The lowest BCUT2D eigenvalue weighted by atomic mass is 10.2. The first-order valence-corrected chi connectivity index (χ1v) is 9.33. The molecule has 0 atom stereocenters. The van der Waals surface area contributed by atoms with Crippen LogP contribution in [0.2, 0.25) is 0 Å². The Bertz CT molecular complexity index is 767. The van der Waals surface area contributed by atoms with Crippen LogP contribution in [0, 0.1) is 0 Å². The number of aromatic nitrogens is 2. The summed E-state index contributed by atoms with van der Waals surface area (Å²) >= 11 is 0. The number of nitrogens with one attached hydrogen (secondary N) is 1. The third-order valence-corrected chi connectivity index (χ3v) is 4.44. The largest absolute Gasteiger partial charge is 0.462 e. The van der Waals surface area contributed by atoms with Gasteiger partial charge in [0.05, 0.1) is 17.7 Å². The van der Waals surface area contributed by atoms with E-state index in [9.17, 15) is 9.59 Å². The van der Waals surface area contributed by atoms with Gasteiger partial charge in [-0.25, -0.2) is 14.8 Å². The fourth-order valence-corrected chi connectivity index (χ4v) is 2.98.